The van der Waals surface area contributed by atoms with Crippen molar-refractivity contribution in [3.63, 3.8) is 0 Å². The number of halogens is 3. The first-order chi connectivity index (χ1) is 9.95. The molecule has 0 spiro atoms. The molecule has 4 nitrogen and oxygen atoms in total. The lowest BCUT2D eigenvalue weighted by atomic mass is 10.4. The molecule has 0 radical (unpaired) electrons. The number of benzene rings is 1. The van der Waals surface area contributed by atoms with Gasteiger partial charge < -0.3 is 4.90 Å². The first kappa shape index (κ1) is 17.5. The normalized spacial score (nSPS) is 18.6. The first-order valence-electron chi connectivity index (χ1n) is 6.68. The molecule has 0 atom stereocenters. The summed E-state index contributed by atoms with van der Waals surface area (Å²) < 4.78 is 27.5. The fraction of sp³-hybridized carbons (Fsp3) is 0.538. The molecular formula is C13H17BrCl2N2O2S. The second-order valence-electron chi connectivity index (χ2n) is 4.86. The van der Waals surface area contributed by atoms with E-state index in [1.807, 2.05) is 0 Å². The van der Waals surface area contributed by atoms with E-state index in [1.165, 1.54) is 4.31 Å². The molecule has 0 unspecified atom stereocenters. The van der Waals surface area contributed by atoms with Gasteiger partial charge in [-0.05, 0) is 47.1 Å². The Bertz CT molecular complexity index is 598. The average Bonchev–Trinajstić information content (AvgIpc) is 2.68. The number of nitrogens with zero attached hydrogens (tertiary/aromatic N) is 2. The standard InChI is InChI=1S/C13H17BrCl2N2O2S/c14-12-10-11(2-3-13(12)16)21(19,20)18-6-1-5-17(7-4-15)8-9-18/h2-3,10H,1,4-9H2. The van der Waals surface area contributed by atoms with Crippen LogP contribution in [-0.2, 0) is 10.0 Å². The van der Waals surface area contributed by atoms with E-state index in [9.17, 15) is 8.42 Å². The summed E-state index contributed by atoms with van der Waals surface area (Å²) in [6.07, 6.45) is 0.810. The predicted molar refractivity (Wildman–Crippen MR) is 89.7 cm³/mol. The number of rotatable bonds is 4. The Hall–Kier alpha value is 0.150. The van der Waals surface area contributed by atoms with Gasteiger partial charge in [-0.1, -0.05) is 11.6 Å². The smallest absolute Gasteiger partial charge is 0.243 e. The van der Waals surface area contributed by atoms with Crippen molar-refractivity contribution in [2.24, 2.45) is 0 Å². The van der Waals surface area contributed by atoms with E-state index in [1.54, 1.807) is 18.2 Å². The second kappa shape index (κ2) is 7.62. The van der Waals surface area contributed by atoms with Crippen molar-refractivity contribution >= 4 is 49.2 Å². The Morgan fingerprint density at radius 3 is 2.62 bits per heavy atom. The molecule has 8 heteroatoms. The van der Waals surface area contributed by atoms with Crippen LogP contribution in [0.15, 0.2) is 27.6 Å². The fourth-order valence-electron chi connectivity index (χ4n) is 2.32. The molecule has 0 aliphatic carbocycles. The van der Waals surface area contributed by atoms with Crippen LogP contribution in [0.4, 0.5) is 0 Å². The lowest BCUT2D eigenvalue weighted by Gasteiger charge is -2.21. The Labute approximate surface area is 144 Å². The molecule has 1 aromatic rings. The number of hydrogen-bond acceptors (Lipinski definition) is 3. The van der Waals surface area contributed by atoms with Gasteiger partial charge >= 0.3 is 0 Å². The monoisotopic (exact) mass is 414 g/mol. The van der Waals surface area contributed by atoms with Crippen molar-refractivity contribution in [2.45, 2.75) is 11.3 Å². The van der Waals surface area contributed by atoms with E-state index in [2.05, 4.69) is 20.8 Å². The second-order valence-corrected chi connectivity index (χ2v) is 8.44. The molecular weight excluding hydrogens is 399 g/mol. The summed E-state index contributed by atoms with van der Waals surface area (Å²) in [5, 5.41) is 0.498. The third-order valence-corrected chi connectivity index (χ3v) is 6.75. The van der Waals surface area contributed by atoms with Crippen molar-refractivity contribution in [1.29, 1.82) is 0 Å². The van der Waals surface area contributed by atoms with Crippen LogP contribution < -0.4 is 0 Å². The quantitative estimate of drug-likeness (QED) is 0.709. The van der Waals surface area contributed by atoms with E-state index in [-0.39, 0.29) is 4.90 Å². The lowest BCUT2D eigenvalue weighted by Crippen LogP contribution is -2.35. The minimum atomic E-state index is -3.48. The maximum atomic E-state index is 12.7. The Morgan fingerprint density at radius 2 is 1.95 bits per heavy atom. The van der Waals surface area contributed by atoms with Crippen LogP contribution >= 0.6 is 39.1 Å². The molecule has 0 amide bonds. The summed E-state index contributed by atoms with van der Waals surface area (Å²) in [5.41, 5.74) is 0. The number of hydrogen-bond donors (Lipinski definition) is 0. The molecule has 0 bridgehead atoms. The highest BCUT2D eigenvalue weighted by molar-refractivity contribution is 9.10. The molecule has 0 aromatic heterocycles. The van der Waals surface area contributed by atoms with Gasteiger partial charge in [0.1, 0.15) is 0 Å². The zero-order valence-corrected chi connectivity index (χ0v) is 15.3. The van der Waals surface area contributed by atoms with E-state index >= 15 is 0 Å². The Morgan fingerprint density at radius 1 is 1.19 bits per heavy atom. The van der Waals surface area contributed by atoms with Gasteiger partial charge in [0.2, 0.25) is 10.0 Å². The van der Waals surface area contributed by atoms with E-state index in [4.69, 9.17) is 23.2 Å². The molecule has 0 saturated carbocycles. The van der Waals surface area contributed by atoms with Gasteiger partial charge in [0.05, 0.1) is 9.92 Å². The van der Waals surface area contributed by atoms with Crippen molar-refractivity contribution in [2.75, 3.05) is 38.6 Å². The average molecular weight is 416 g/mol. The van der Waals surface area contributed by atoms with Crippen LogP contribution in [0.2, 0.25) is 5.02 Å². The molecule has 0 N–H and O–H groups in total. The van der Waals surface area contributed by atoms with Gasteiger partial charge in [-0.25, -0.2) is 8.42 Å². The molecule has 1 aliphatic rings. The summed E-state index contributed by atoms with van der Waals surface area (Å²) in [7, 11) is -3.48. The van der Waals surface area contributed by atoms with Gasteiger partial charge in [0, 0.05) is 36.5 Å². The molecule has 1 saturated heterocycles. The molecule has 21 heavy (non-hydrogen) atoms. The summed E-state index contributed by atoms with van der Waals surface area (Å²) in [4.78, 5) is 2.46. The molecule has 2 rings (SSSR count). The molecule has 1 aliphatic heterocycles. The predicted octanol–water partition coefficient (Wildman–Crippen LogP) is 3.04. The van der Waals surface area contributed by atoms with Crippen LogP contribution in [0.1, 0.15) is 6.42 Å². The van der Waals surface area contributed by atoms with Gasteiger partial charge in [-0.2, -0.15) is 4.31 Å². The van der Waals surface area contributed by atoms with Crippen LogP contribution in [0.3, 0.4) is 0 Å². The van der Waals surface area contributed by atoms with Crippen LogP contribution in [0.25, 0.3) is 0 Å². The zero-order chi connectivity index (χ0) is 15.5. The summed E-state index contributed by atoms with van der Waals surface area (Å²) in [6.45, 7) is 3.40. The summed E-state index contributed by atoms with van der Waals surface area (Å²) >= 11 is 14.9. The van der Waals surface area contributed by atoms with E-state index in [0.29, 0.717) is 35.0 Å². The maximum absolute atomic E-state index is 12.7. The minimum absolute atomic E-state index is 0.268. The van der Waals surface area contributed by atoms with Crippen molar-refractivity contribution in [3.05, 3.63) is 27.7 Å². The van der Waals surface area contributed by atoms with Gasteiger partial charge in [0.15, 0.2) is 0 Å². The largest absolute Gasteiger partial charge is 0.301 e. The molecule has 118 valence electrons. The molecule has 1 fully saturated rings. The highest BCUT2D eigenvalue weighted by atomic mass is 79.9. The highest BCUT2D eigenvalue weighted by Crippen LogP contribution is 2.27. The molecule has 1 heterocycles. The van der Waals surface area contributed by atoms with Crippen LogP contribution in [-0.4, -0.2) is 56.2 Å². The van der Waals surface area contributed by atoms with Crippen LogP contribution in [0.5, 0.6) is 0 Å². The van der Waals surface area contributed by atoms with Crippen molar-refractivity contribution in [3.8, 4) is 0 Å². The fourth-order valence-corrected chi connectivity index (χ4v) is 4.70. The van der Waals surface area contributed by atoms with Crippen molar-refractivity contribution in [1.82, 2.24) is 9.21 Å². The number of alkyl halides is 1. The lowest BCUT2D eigenvalue weighted by molar-refractivity contribution is 0.303. The van der Waals surface area contributed by atoms with Crippen LogP contribution in [0, 0.1) is 0 Å². The van der Waals surface area contributed by atoms with E-state index < -0.39 is 10.0 Å². The summed E-state index contributed by atoms with van der Waals surface area (Å²) in [5.74, 6) is 0.566. The van der Waals surface area contributed by atoms with Gasteiger partial charge in [-0.3, -0.25) is 0 Å². The SMILES string of the molecule is O=S(=O)(c1ccc(Cl)c(Br)c1)N1CCCN(CCCl)CC1. The maximum Gasteiger partial charge on any atom is 0.243 e. The van der Waals surface area contributed by atoms with Gasteiger partial charge in [0.25, 0.3) is 0 Å². The summed E-state index contributed by atoms with van der Waals surface area (Å²) in [6, 6.07) is 4.69. The highest BCUT2D eigenvalue weighted by Gasteiger charge is 2.27. The molecule has 1 aromatic carbocycles. The topological polar surface area (TPSA) is 40.6 Å². The number of sulfonamides is 1. The minimum Gasteiger partial charge on any atom is -0.301 e. The zero-order valence-electron chi connectivity index (χ0n) is 11.4. The first-order valence-corrected chi connectivity index (χ1v) is 9.83. The third-order valence-electron chi connectivity index (χ3n) is 3.48. The Balaban J connectivity index is 2.17. The third kappa shape index (κ3) is 4.33. The van der Waals surface area contributed by atoms with Crippen molar-refractivity contribution < 1.29 is 8.42 Å². The van der Waals surface area contributed by atoms with E-state index in [0.717, 1.165) is 19.5 Å². The Kier molecular flexibility index (Phi) is 6.35. The van der Waals surface area contributed by atoms with Gasteiger partial charge in [-0.15, -0.1) is 11.6 Å².